The lowest BCUT2D eigenvalue weighted by Crippen LogP contribution is -2.07. The molecule has 1 aromatic heterocycles. The van der Waals surface area contributed by atoms with Gasteiger partial charge in [-0.1, -0.05) is 24.3 Å². The number of benzene rings is 2. The smallest absolute Gasteiger partial charge is 0.119 e. The third kappa shape index (κ3) is 2.68. The average molecular weight is 293 g/mol. The van der Waals surface area contributed by atoms with Gasteiger partial charge in [-0.05, 0) is 29.8 Å². The number of aromatic amines is 1. The van der Waals surface area contributed by atoms with E-state index < -0.39 is 0 Å². The Hall–Kier alpha value is -2.75. The molecule has 4 heteroatoms. The fourth-order valence-corrected chi connectivity index (χ4v) is 2.44. The summed E-state index contributed by atoms with van der Waals surface area (Å²) in [6.07, 6.45) is 1.86. The van der Waals surface area contributed by atoms with Gasteiger partial charge in [0.05, 0.1) is 19.0 Å². The third-order valence-corrected chi connectivity index (χ3v) is 3.69. The van der Waals surface area contributed by atoms with Crippen LogP contribution in [0.15, 0.2) is 54.7 Å². The highest BCUT2D eigenvalue weighted by Gasteiger charge is 2.10. The van der Waals surface area contributed by atoms with E-state index in [2.05, 4.69) is 39.4 Å². The van der Waals surface area contributed by atoms with Crippen LogP contribution in [0.4, 0.5) is 5.69 Å². The monoisotopic (exact) mass is 293 g/mol. The molecule has 0 atom stereocenters. The molecule has 0 unspecified atom stereocenters. The van der Waals surface area contributed by atoms with E-state index in [1.807, 2.05) is 44.6 Å². The number of hydrogen-bond acceptors (Lipinski definition) is 3. The molecule has 0 aliphatic carbocycles. The number of ether oxygens (including phenoxy) is 1. The van der Waals surface area contributed by atoms with Crippen LogP contribution in [0, 0.1) is 0 Å². The molecule has 1 N–H and O–H groups in total. The zero-order valence-electron chi connectivity index (χ0n) is 13.0. The molecule has 112 valence electrons. The summed E-state index contributed by atoms with van der Waals surface area (Å²) >= 11 is 0. The molecule has 0 bridgehead atoms. The van der Waals surface area contributed by atoms with Gasteiger partial charge >= 0.3 is 0 Å². The lowest BCUT2D eigenvalue weighted by Gasteiger charge is -2.12. The summed E-state index contributed by atoms with van der Waals surface area (Å²) in [5.74, 6) is 0.834. The van der Waals surface area contributed by atoms with Gasteiger partial charge < -0.3 is 9.64 Å². The second-order valence-corrected chi connectivity index (χ2v) is 5.33. The minimum atomic E-state index is 0.834. The first-order chi connectivity index (χ1) is 10.7. The third-order valence-electron chi connectivity index (χ3n) is 3.69. The van der Waals surface area contributed by atoms with E-state index in [-0.39, 0.29) is 0 Å². The van der Waals surface area contributed by atoms with Gasteiger partial charge in [-0.15, -0.1) is 0 Å². The first-order valence-electron chi connectivity index (χ1n) is 7.14. The zero-order valence-corrected chi connectivity index (χ0v) is 13.0. The Kier molecular flexibility index (Phi) is 3.83. The number of anilines is 1. The topological polar surface area (TPSA) is 41.1 Å². The maximum absolute atomic E-state index is 5.30. The molecule has 0 saturated carbocycles. The number of nitrogens with one attached hydrogen (secondary N) is 1. The molecule has 2 aromatic carbocycles. The minimum absolute atomic E-state index is 0.834. The predicted molar refractivity (Wildman–Crippen MR) is 90.3 cm³/mol. The molecular weight excluding hydrogens is 274 g/mol. The van der Waals surface area contributed by atoms with Crippen LogP contribution in [0.3, 0.4) is 0 Å². The Morgan fingerprint density at radius 2 is 1.77 bits per heavy atom. The quantitative estimate of drug-likeness (QED) is 0.795. The molecule has 3 rings (SSSR count). The second-order valence-electron chi connectivity index (χ2n) is 5.33. The first-order valence-corrected chi connectivity index (χ1v) is 7.14. The van der Waals surface area contributed by atoms with Gasteiger partial charge in [0, 0.05) is 30.9 Å². The summed E-state index contributed by atoms with van der Waals surface area (Å²) in [6, 6.07) is 16.4. The molecule has 0 aliphatic heterocycles. The summed E-state index contributed by atoms with van der Waals surface area (Å²) < 4.78 is 5.30. The number of H-pyrrole nitrogens is 1. The van der Waals surface area contributed by atoms with Crippen LogP contribution in [0.25, 0.3) is 22.4 Å². The van der Waals surface area contributed by atoms with Gasteiger partial charge in [0.25, 0.3) is 0 Å². The predicted octanol–water partition coefficient (Wildman–Crippen LogP) is 3.82. The molecule has 22 heavy (non-hydrogen) atoms. The van der Waals surface area contributed by atoms with E-state index in [0.717, 1.165) is 28.1 Å². The summed E-state index contributed by atoms with van der Waals surface area (Å²) in [5.41, 5.74) is 5.45. The lowest BCUT2D eigenvalue weighted by atomic mass is 10.0. The van der Waals surface area contributed by atoms with Crippen molar-refractivity contribution in [1.29, 1.82) is 0 Å². The Labute approximate surface area is 130 Å². The number of aromatic nitrogens is 2. The highest BCUT2D eigenvalue weighted by atomic mass is 16.5. The molecule has 0 radical (unpaired) electrons. The van der Waals surface area contributed by atoms with Gasteiger partial charge in [-0.3, -0.25) is 5.10 Å². The van der Waals surface area contributed by atoms with Crippen molar-refractivity contribution in [2.75, 3.05) is 26.1 Å². The molecule has 3 aromatic rings. The SMILES string of the molecule is COc1cccc(-c2[nH]ncc2-c2ccc(N(C)C)cc2)c1. The van der Waals surface area contributed by atoms with E-state index in [9.17, 15) is 0 Å². The molecular formula is C18H19N3O. The standard InChI is InChI=1S/C18H19N3O/c1-21(2)15-9-7-13(8-10-15)17-12-19-20-18(17)14-5-4-6-16(11-14)22-3/h4-12H,1-3H3,(H,19,20). The van der Waals surface area contributed by atoms with Crippen molar-refractivity contribution < 1.29 is 4.74 Å². The van der Waals surface area contributed by atoms with Crippen molar-refractivity contribution >= 4 is 5.69 Å². The summed E-state index contributed by atoms with van der Waals surface area (Å²) in [5, 5.41) is 7.30. The van der Waals surface area contributed by atoms with Gasteiger partial charge in [0.15, 0.2) is 0 Å². The molecule has 0 aliphatic rings. The van der Waals surface area contributed by atoms with Crippen LogP contribution in [0.2, 0.25) is 0 Å². The van der Waals surface area contributed by atoms with Crippen LogP contribution >= 0.6 is 0 Å². The lowest BCUT2D eigenvalue weighted by molar-refractivity contribution is 0.415. The van der Waals surface area contributed by atoms with E-state index >= 15 is 0 Å². The number of nitrogens with zero attached hydrogens (tertiary/aromatic N) is 2. The molecule has 0 amide bonds. The Morgan fingerprint density at radius 1 is 1.00 bits per heavy atom. The first kappa shape index (κ1) is 14.2. The normalized spacial score (nSPS) is 10.5. The molecule has 0 fully saturated rings. The van der Waals surface area contributed by atoms with Crippen molar-refractivity contribution in [3.8, 4) is 28.1 Å². The van der Waals surface area contributed by atoms with Gasteiger partial charge in [0.1, 0.15) is 5.75 Å². The fourth-order valence-electron chi connectivity index (χ4n) is 2.44. The second kappa shape index (κ2) is 5.93. The summed E-state index contributed by atoms with van der Waals surface area (Å²) in [4.78, 5) is 2.09. The fraction of sp³-hybridized carbons (Fsp3) is 0.167. The van der Waals surface area contributed by atoms with Crippen LogP contribution in [0.5, 0.6) is 5.75 Å². The van der Waals surface area contributed by atoms with Crippen LogP contribution in [-0.4, -0.2) is 31.4 Å². The van der Waals surface area contributed by atoms with Crippen molar-refractivity contribution in [2.24, 2.45) is 0 Å². The van der Waals surface area contributed by atoms with Crippen LogP contribution < -0.4 is 9.64 Å². The average Bonchev–Trinajstić information content (AvgIpc) is 3.04. The Morgan fingerprint density at radius 3 is 2.45 bits per heavy atom. The van der Waals surface area contributed by atoms with Crippen molar-refractivity contribution in [1.82, 2.24) is 10.2 Å². The summed E-state index contributed by atoms with van der Waals surface area (Å²) in [6.45, 7) is 0. The van der Waals surface area contributed by atoms with E-state index in [4.69, 9.17) is 4.74 Å². The number of rotatable bonds is 4. The Bertz CT molecular complexity index is 760. The summed E-state index contributed by atoms with van der Waals surface area (Å²) in [7, 11) is 5.75. The highest BCUT2D eigenvalue weighted by Crippen LogP contribution is 2.32. The van der Waals surface area contributed by atoms with Crippen LogP contribution in [0.1, 0.15) is 0 Å². The van der Waals surface area contributed by atoms with Gasteiger partial charge in [0.2, 0.25) is 0 Å². The molecule has 1 heterocycles. The van der Waals surface area contributed by atoms with Crippen molar-refractivity contribution in [2.45, 2.75) is 0 Å². The molecule has 0 saturated heterocycles. The Balaban J connectivity index is 2.01. The van der Waals surface area contributed by atoms with Crippen molar-refractivity contribution in [3.05, 3.63) is 54.7 Å². The van der Waals surface area contributed by atoms with Gasteiger partial charge in [-0.25, -0.2) is 0 Å². The number of methoxy groups -OCH3 is 1. The van der Waals surface area contributed by atoms with E-state index in [1.54, 1.807) is 7.11 Å². The maximum Gasteiger partial charge on any atom is 0.119 e. The van der Waals surface area contributed by atoms with Gasteiger partial charge in [-0.2, -0.15) is 5.10 Å². The number of hydrogen-bond donors (Lipinski definition) is 1. The zero-order chi connectivity index (χ0) is 15.5. The van der Waals surface area contributed by atoms with Crippen molar-refractivity contribution in [3.63, 3.8) is 0 Å². The largest absolute Gasteiger partial charge is 0.497 e. The highest BCUT2D eigenvalue weighted by molar-refractivity contribution is 5.81. The van der Waals surface area contributed by atoms with Crippen LogP contribution in [-0.2, 0) is 0 Å². The molecule has 4 nitrogen and oxygen atoms in total. The molecule has 0 spiro atoms. The van der Waals surface area contributed by atoms with E-state index in [1.165, 1.54) is 5.69 Å². The maximum atomic E-state index is 5.30. The van der Waals surface area contributed by atoms with E-state index in [0.29, 0.717) is 0 Å². The minimum Gasteiger partial charge on any atom is -0.497 e.